The SMILES string of the molecule is CCCN1C(=O)S/C(=C/c2cc(C)n(-c3c(C)cccc3C)c2C)C1=O. The minimum absolute atomic E-state index is 0.174. The van der Waals surface area contributed by atoms with Gasteiger partial charge in [0.1, 0.15) is 0 Å². The number of hydrogen-bond acceptors (Lipinski definition) is 3. The number of carbonyl (C=O) groups excluding carboxylic acids is 2. The highest BCUT2D eigenvalue weighted by Crippen LogP contribution is 2.34. The fourth-order valence-corrected chi connectivity index (χ4v) is 4.35. The van der Waals surface area contributed by atoms with Gasteiger partial charge in [0, 0.05) is 17.9 Å². The van der Waals surface area contributed by atoms with Gasteiger partial charge in [-0.2, -0.15) is 0 Å². The molecule has 2 aromatic rings. The van der Waals surface area contributed by atoms with Gasteiger partial charge >= 0.3 is 0 Å². The third kappa shape index (κ3) is 3.12. The first kappa shape index (κ1) is 18.5. The molecule has 4 nitrogen and oxygen atoms in total. The van der Waals surface area contributed by atoms with Gasteiger partial charge in [0.15, 0.2) is 0 Å². The number of amides is 2. The Morgan fingerprint density at radius 1 is 1.08 bits per heavy atom. The van der Waals surface area contributed by atoms with E-state index in [1.807, 2.05) is 13.0 Å². The van der Waals surface area contributed by atoms with Crippen LogP contribution >= 0.6 is 11.8 Å². The van der Waals surface area contributed by atoms with Crippen molar-refractivity contribution in [2.45, 2.75) is 41.0 Å². The zero-order chi connectivity index (χ0) is 19.0. The lowest BCUT2D eigenvalue weighted by Gasteiger charge is -2.15. The van der Waals surface area contributed by atoms with Crippen LogP contribution in [-0.2, 0) is 4.79 Å². The van der Waals surface area contributed by atoms with E-state index in [4.69, 9.17) is 0 Å². The number of para-hydroxylation sites is 1. The lowest BCUT2D eigenvalue weighted by molar-refractivity contribution is -0.122. The van der Waals surface area contributed by atoms with Gasteiger partial charge in [0.05, 0.1) is 10.6 Å². The van der Waals surface area contributed by atoms with E-state index in [9.17, 15) is 9.59 Å². The van der Waals surface area contributed by atoms with E-state index in [0.717, 1.165) is 35.1 Å². The van der Waals surface area contributed by atoms with Crippen molar-refractivity contribution < 1.29 is 9.59 Å². The van der Waals surface area contributed by atoms with Crippen LogP contribution < -0.4 is 0 Å². The van der Waals surface area contributed by atoms with E-state index in [2.05, 4.69) is 56.5 Å². The summed E-state index contributed by atoms with van der Waals surface area (Å²) in [6, 6.07) is 8.36. The van der Waals surface area contributed by atoms with Crippen molar-refractivity contribution >= 4 is 29.0 Å². The van der Waals surface area contributed by atoms with Crippen molar-refractivity contribution in [2.75, 3.05) is 6.54 Å². The molecule has 2 amide bonds. The molecule has 1 aromatic heterocycles. The summed E-state index contributed by atoms with van der Waals surface area (Å²) in [5.41, 5.74) is 6.76. The molecule has 0 aliphatic carbocycles. The molecule has 26 heavy (non-hydrogen) atoms. The first-order valence-corrected chi connectivity index (χ1v) is 9.67. The molecule has 1 aromatic carbocycles. The summed E-state index contributed by atoms with van der Waals surface area (Å²) in [7, 11) is 0. The number of imide groups is 1. The zero-order valence-electron chi connectivity index (χ0n) is 15.9. The molecule has 1 aliphatic rings. The predicted octanol–water partition coefficient (Wildman–Crippen LogP) is 5.16. The predicted molar refractivity (Wildman–Crippen MR) is 108 cm³/mol. The fraction of sp³-hybridized carbons (Fsp3) is 0.333. The lowest BCUT2D eigenvalue weighted by atomic mass is 10.1. The van der Waals surface area contributed by atoms with Crippen LogP contribution in [0.1, 0.15) is 41.4 Å². The minimum atomic E-state index is -0.182. The molecule has 1 saturated heterocycles. The lowest BCUT2D eigenvalue weighted by Crippen LogP contribution is -2.28. The van der Waals surface area contributed by atoms with Crippen molar-refractivity contribution in [2.24, 2.45) is 0 Å². The van der Waals surface area contributed by atoms with Crippen molar-refractivity contribution in [3.63, 3.8) is 0 Å². The number of aryl methyl sites for hydroxylation is 3. The second-order valence-corrected chi connectivity index (χ2v) is 7.73. The Balaban J connectivity index is 2.05. The van der Waals surface area contributed by atoms with Gasteiger partial charge in [-0.05, 0) is 74.7 Å². The standard InChI is InChI=1S/C21H24N2O2S/c1-6-10-22-20(24)18(26-21(22)25)12-17-11-15(4)23(16(17)5)19-13(2)8-7-9-14(19)3/h7-9,11-12H,6,10H2,1-5H3/b18-12+. The second-order valence-electron chi connectivity index (χ2n) is 6.74. The van der Waals surface area contributed by atoms with Crippen molar-refractivity contribution in [3.05, 3.63) is 57.2 Å². The molecule has 0 spiro atoms. The van der Waals surface area contributed by atoms with E-state index >= 15 is 0 Å². The number of aromatic nitrogens is 1. The molecule has 5 heteroatoms. The molecule has 136 valence electrons. The Kier molecular flexibility index (Phi) is 5.10. The molecular weight excluding hydrogens is 344 g/mol. The molecule has 0 N–H and O–H groups in total. The summed E-state index contributed by atoms with van der Waals surface area (Å²) in [6.07, 6.45) is 2.62. The highest BCUT2D eigenvalue weighted by atomic mass is 32.2. The average molecular weight is 369 g/mol. The molecule has 0 bridgehead atoms. The highest BCUT2D eigenvalue weighted by molar-refractivity contribution is 8.18. The number of thioether (sulfide) groups is 1. The zero-order valence-corrected chi connectivity index (χ0v) is 16.7. The van der Waals surface area contributed by atoms with Crippen LogP contribution in [0.4, 0.5) is 4.79 Å². The van der Waals surface area contributed by atoms with Gasteiger partial charge in [-0.15, -0.1) is 0 Å². The Labute approximate surface area is 158 Å². The first-order valence-electron chi connectivity index (χ1n) is 8.86. The Hall–Kier alpha value is -2.27. The van der Waals surface area contributed by atoms with E-state index in [-0.39, 0.29) is 11.1 Å². The van der Waals surface area contributed by atoms with E-state index in [0.29, 0.717) is 11.4 Å². The summed E-state index contributed by atoms with van der Waals surface area (Å²) in [5.74, 6) is -0.182. The summed E-state index contributed by atoms with van der Waals surface area (Å²) in [4.78, 5) is 26.4. The Morgan fingerprint density at radius 3 is 2.35 bits per heavy atom. The van der Waals surface area contributed by atoms with Gasteiger partial charge in [-0.1, -0.05) is 25.1 Å². The average Bonchev–Trinajstić information content (AvgIpc) is 3.00. The van der Waals surface area contributed by atoms with Crippen LogP contribution in [0.15, 0.2) is 29.2 Å². The summed E-state index contributed by atoms with van der Waals surface area (Å²) >= 11 is 1.03. The number of carbonyl (C=O) groups is 2. The summed E-state index contributed by atoms with van der Waals surface area (Å²) in [6.45, 7) is 10.8. The topological polar surface area (TPSA) is 42.3 Å². The minimum Gasteiger partial charge on any atom is -0.317 e. The monoisotopic (exact) mass is 368 g/mol. The molecule has 0 saturated carbocycles. The van der Waals surface area contributed by atoms with E-state index in [1.165, 1.54) is 21.7 Å². The van der Waals surface area contributed by atoms with Crippen LogP contribution in [0.2, 0.25) is 0 Å². The van der Waals surface area contributed by atoms with Gasteiger partial charge in [0.25, 0.3) is 11.1 Å². The molecule has 3 rings (SSSR count). The van der Waals surface area contributed by atoms with Crippen LogP contribution in [0.3, 0.4) is 0 Å². The van der Waals surface area contributed by atoms with Gasteiger partial charge in [0.2, 0.25) is 0 Å². The molecule has 1 fully saturated rings. The maximum atomic E-state index is 12.5. The van der Waals surface area contributed by atoms with Gasteiger partial charge in [-0.3, -0.25) is 14.5 Å². The fourth-order valence-electron chi connectivity index (χ4n) is 3.49. The number of rotatable bonds is 4. The smallest absolute Gasteiger partial charge is 0.293 e. The van der Waals surface area contributed by atoms with Crippen molar-refractivity contribution in [1.29, 1.82) is 0 Å². The second kappa shape index (κ2) is 7.16. The molecule has 0 radical (unpaired) electrons. The maximum Gasteiger partial charge on any atom is 0.293 e. The third-order valence-corrected chi connectivity index (χ3v) is 5.65. The number of hydrogen-bond donors (Lipinski definition) is 0. The van der Waals surface area contributed by atoms with Crippen LogP contribution in [0, 0.1) is 27.7 Å². The van der Waals surface area contributed by atoms with Crippen molar-refractivity contribution in [1.82, 2.24) is 9.47 Å². The van der Waals surface area contributed by atoms with E-state index in [1.54, 1.807) is 0 Å². The van der Waals surface area contributed by atoms with Crippen LogP contribution in [-0.4, -0.2) is 27.2 Å². The van der Waals surface area contributed by atoms with E-state index < -0.39 is 0 Å². The molecule has 2 heterocycles. The molecule has 1 aliphatic heterocycles. The first-order chi connectivity index (χ1) is 12.3. The molecule has 0 atom stereocenters. The van der Waals surface area contributed by atoms with Gasteiger partial charge in [-0.25, -0.2) is 0 Å². The molecular formula is C21H24N2O2S. The number of nitrogens with zero attached hydrogens (tertiary/aromatic N) is 2. The van der Waals surface area contributed by atoms with Crippen LogP contribution in [0.25, 0.3) is 11.8 Å². The summed E-state index contributed by atoms with van der Waals surface area (Å²) in [5, 5.41) is -0.174. The summed E-state index contributed by atoms with van der Waals surface area (Å²) < 4.78 is 2.23. The highest BCUT2D eigenvalue weighted by Gasteiger charge is 2.34. The third-order valence-electron chi connectivity index (χ3n) is 4.74. The number of benzene rings is 1. The molecule has 0 unspecified atom stereocenters. The maximum absolute atomic E-state index is 12.5. The Morgan fingerprint density at radius 2 is 1.73 bits per heavy atom. The normalized spacial score (nSPS) is 16.2. The van der Waals surface area contributed by atoms with Crippen molar-refractivity contribution in [3.8, 4) is 5.69 Å². The van der Waals surface area contributed by atoms with Crippen LogP contribution in [0.5, 0.6) is 0 Å². The Bertz CT molecular complexity index is 904. The largest absolute Gasteiger partial charge is 0.317 e. The van der Waals surface area contributed by atoms with Gasteiger partial charge < -0.3 is 4.57 Å². The quantitative estimate of drug-likeness (QED) is 0.700.